The molecule has 1 atom stereocenters. The number of benzene rings is 1. The van der Waals surface area contributed by atoms with Crippen LogP contribution in [0.3, 0.4) is 0 Å². The Hall–Kier alpha value is -1.49. The van der Waals surface area contributed by atoms with Gasteiger partial charge in [0.25, 0.3) is 5.91 Å². The number of hydrogen-bond acceptors (Lipinski definition) is 4. The second-order valence-electron chi connectivity index (χ2n) is 4.92. The average Bonchev–Trinajstić information content (AvgIpc) is 2.44. The van der Waals surface area contributed by atoms with Crippen LogP contribution in [0.5, 0.6) is 0 Å². The second kappa shape index (κ2) is 7.94. The van der Waals surface area contributed by atoms with Crippen molar-refractivity contribution in [1.29, 1.82) is 0 Å². The van der Waals surface area contributed by atoms with Crippen molar-refractivity contribution in [2.75, 3.05) is 12.8 Å². The molecule has 0 saturated heterocycles. The van der Waals surface area contributed by atoms with Gasteiger partial charge in [0.1, 0.15) is 0 Å². The van der Waals surface area contributed by atoms with Gasteiger partial charge in [-0.05, 0) is 43.4 Å². The van der Waals surface area contributed by atoms with Gasteiger partial charge >= 0.3 is 5.97 Å². The van der Waals surface area contributed by atoms with E-state index in [0.29, 0.717) is 18.0 Å². The molecule has 5 heteroatoms. The molecular formula is C15H21NO3S. The molecule has 1 aromatic rings. The van der Waals surface area contributed by atoms with E-state index in [1.807, 2.05) is 32.2 Å². The maximum absolute atomic E-state index is 11.9. The maximum Gasteiger partial charge on any atom is 0.338 e. The van der Waals surface area contributed by atoms with E-state index in [1.54, 1.807) is 30.8 Å². The monoisotopic (exact) mass is 295 g/mol. The number of carbonyl (C=O) groups is 2. The summed E-state index contributed by atoms with van der Waals surface area (Å²) in [5.74, 6) is -0.390. The minimum atomic E-state index is -0.790. The van der Waals surface area contributed by atoms with Gasteiger partial charge in [-0.25, -0.2) is 4.79 Å². The van der Waals surface area contributed by atoms with E-state index in [4.69, 9.17) is 4.74 Å². The lowest BCUT2D eigenvalue weighted by Crippen LogP contribution is -2.37. The van der Waals surface area contributed by atoms with Crippen molar-refractivity contribution in [1.82, 2.24) is 5.32 Å². The molecule has 0 saturated carbocycles. The van der Waals surface area contributed by atoms with E-state index in [9.17, 15) is 9.59 Å². The lowest BCUT2D eigenvalue weighted by Gasteiger charge is -2.14. The van der Waals surface area contributed by atoms with Crippen molar-refractivity contribution >= 4 is 23.6 Å². The number of carbonyl (C=O) groups excluding carboxylic acids is 2. The molecule has 110 valence electrons. The van der Waals surface area contributed by atoms with Gasteiger partial charge in [-0.1, -0.05) is 13.8 Å². The summed E-state index contributed by atoms with van der Waals surface area (Å²) in [6.07, 6.45) is 1.18. The first-order valence-electron chi connectivity index (χ1n) is 6.56. The molecule has 0 heterocycles. The molecule has 0 aliphatic heterocycles. The normalized spacial score (nSPS) is 12.1. The minimum absolute atomic E-state index is 0.271. The Morgan fingerprint density at radius 1 is 1.20 bits per heavy atom. The quantitative estimate of drug-likeness (QED) is 0.647. The summed E-state index contributed by atoms with van der Waals surface area (Å²) in [4.78, 5) is 24.7. The fraction of sp³-hybridized carbons (Fsp3) is 0.467. The Bertz CT molecular complexity index is 457. The third kappa shape index (κ3) is 5.25. The number of ether oxygens (including phenoxy) is 1. The molecule has 1 aromatic carbocycles. The number of esters is 1. The number of rotatable bonds is 6. The first-order valence-corrected chi connectivity index (χ1v) is 7.79. The van der Waals surface area contributed by atoms with Crippen molar-refractivity contribution in [2.45, 2.75) is 31.8 Å². The molecule has 1 amide bonds. The van der Waals surface area contributed by atoms with Gasteiger partial charge in [-0.15, -0.1) is 11.8 Å². The zero-order chi connectivity index (χ0) is 15.1. The predicted octanol–water partition coefficient (Wildman–Crippen LogP) is 2.73. The van der Waals surface area contributed by atoms with Crippen LogP contribution in [0.2, 0.25) is 0 Å². The fourth-order valence-electron chi connectivity index (χ4n) is 1.46. The number of amides is 1. The summed E-state index contributed by atoms with van der Waals surface area (Å²) in [7, 11) is 0. The van der Waals surface area contributed by atoms with Gasteiger partial charge in [0, 0.05) is 11.4 Å². The summed E-state index contributed by atoms with van der Waals surface area (Å²) in [5.41, 5.74) is 0.450. The molecule has 1 N–H and O–H groups in total. The molecule has 1 rings (SSSR count). The van der Waals surface area contributed by atoms with Crippen molar-refractivity contribution in [3.8, 4) is 0 Å². The van der Waals surface area contributed by atoms with Crippen LogP contribution in [0, 0.1) is 5.92 Å². The smallest absolute Gasteiger partial charge is 0.338 e. The first-order chi connectivity index (χ1) is 9.43. The standard InChI is InChI=1S/C15H21NO3S/c1-10(2)9-16-14(17)11(3)19-15(18)12-5-7-13(20-4)8-6-12/h5-8,10-11H,9H2,1-4H3,(H,16,17)/t11-/m0/s1. The van der Waals surface area contributed by atoms with Gasteiger partial charge < -0.3 is 10.1 Å². The van der Waals surface area contributed by atoms with E-state index >= 15 is 0 Å². The molecule has 0 aromatic heterocycles. The highest BCUT2D eigenvalue weighted by Crippen LogP contribution is 2.15. The number of nitrogens with one attached hydrogen (secondary N) is 1. The Morgan fingerprint density at radius 3 is 2.30 bits per heavy atom. The number of thioether (sulfide) groups is 1. The van der Waals surface area contributed by atoms with Crippen LogP contribution in [0.25, 0.3) is 0 Å². The first kappa shape index (κ1) is 16.6. The molecule has 0 spiro atoms. The van der Waals surface area contributed by atoms with Crippen LogP contribution >= 0.6 is 11.8 Å². The molecule has 0 unspecified atom stereocenters. The van der Waals surface area contributed by atoms with Gasteiger partial charge in [-0.3, -0.25) is 4.79 Å². The third-order valence-corrected chi connectivity index (χ3v) is 3.41. The predicted molar refractivity (Wildman–Crippen MR) is 80.9 cm³/mol. The number of hydrogen-bond donors (Lipinski definition) is 1. The van der Waals surface area contributed by atoms with Crippen LogP contribution in [-0.4, -0.2) is 30.8 Å². The molecule has 0 aliphatic rings. The zero-order valence-electron chi connectivity index (χ0n) is 12.3. The Kier molecular flexibility index (Phi) is 6.58. The molecule has 0 fully saturated rings. The van der Waals surface area contributed by atoms with Crippen LogP contribution in [0.1, 0.15) is 31.1 Å². The van der Waals surface area contributed by atoms with E-state index in [1.165, 1.54) is 0 Å². The summed E-state index contributed by atoms with van der Waals surface area (Å²) in [6.45, 7) is 6.15. The Morgan fingerprint density at radius 2 is 1.80 bits per heavy atom. The minimum Gasteiger partial charge on any atom is -0.449 e. The van der Waals surface area contributed by atoms with Crippen LogP contribution in [0.4, 0.5) is 0 Å². The maximum atomic E-state index is 11.9. The zero-order valence-corrected chi connectivity index (χ0v) is 13.1. The Balaban J connectivity index is 2.53. The lowest BCUT2D eigenvalue weighted by atomic mass is 10.2. The topological polar surface area (TPSA) is 55.4 Å². The highest BCUT2D eigenvalue weighted by molar-refractivity contribution is 7.98. The molecule has 0 bridgehead atoms. The highest BCUT2D eigenvalue weighted by atomic mass is 32.2. The van der Waals surface area contributed by atoms with E-state index < -0.39 is 12.1 Å². The van der Waals surface area contributed by atoms with Crippen LogP contribution in [-0.2, 0) is 9.53 Å². The molecule has 20 heavy (non-hydrogen) atoms. The third-order valence-electron chi connectivity index (χ3n) is 2.66. The van der Waals surface area contributed by atoms with Gasteiger partial charge in [-0.2, -0.15) is 0 Å². The Labute approximate surface area is 124 Å². The summed E-state index contributed by atoms with van der Waals surface area (Å²) < 4.78 is 5.15. The van der Waals surface area contributed by atoms with Crippen molar-refractivity contribution < 1.29 is 14.3 Å². The van der Waals surface area contributed by atoms with E-state index in [-0.39, 0.29) is 5.91 Å². The lowest BCUT2D eigenvalue weighted by molar-refractivity contribution is -0.129. The second-order valence-corrected chi connectivity index (χ2v) is 5.79. The summed E-state index contributed by atoms with van der Waals surface area (Å²) in [5, 5.41) is 2.74. The molecule has 0 radical (unpaired) electrons. The largest absolute Gasteiger partial charge is 0.449 e. The average molecular weight is 295 g/mol. The molecule has 0 aliphatic carbocycles. The highest BCUT2D eigenvalue weighted by Gasteiger charge is 2.18. The fourth-order valence-corrected chi connectivity index (χ4v) is 1.87. The van der Waals surface area contributed by atoms with Crippen LogP contribution < -0.4 is 5.32 Å². The van der Waals surface area contributed by atoms with Crippen molar-refractivity contribution in [3.63, 3.8) is 0 Å². The van der Waals surface area contributed by atoms with Gasteiger partial charge in [0.2, 0.25) is 0 Å². The molecule has 4 nitrogen and oxygen atoms in total. The van der Waals surface area contributed by atoms with E-state index in [0.717, 1.165) is 4.90 Å². The van der Waals surface area contributed by atoms with Gasteiger partial charge in [0.05, 0.1) is 5.56 Å². The summed E-state index contributed by atoms with van der Waals surface area (Å²) in [6, 6.07) is 7.11. The SMILES string of the molecule is CSc1ccc(C(=O)O[C@@H](C)C(=O)NCC(C)C)cc1. The van der Waals surface area contributed by atoms with Gasteiger partial charge in [0.15, 0.2) is 6.10 Å². The van der Waals surface area contributed by atoms with Crippen molar-refractivity contribution in [3.05, 3.63) is 29.8 Å². The van der Waals surface area contributed by atoms with Crippen molar-refractivity contribution in [2.24, 2.45) is 5.92 Å². The van der Waals surface area contributed by atoms with Crippen LogP contribution in [0.15, 0.2) is 29.2 Å². The van der Waals surface area contributed by atoms with E-state index in [2.05, 4.69) is 5.32 Å². The molecular weight excluding hydrogens is 274 g/mol. The summed E-state index contributed by atoms with van der Waals surface area (Å²) >= 11 is 1.60.